The van der Waals surface area contributed by atoms with Crippen LogP contribution in [0.15, 0.2) is 42.2 Å². The fourth-order valence-corrected chi connectivity index (χ4v) is 3.47. The number of hydrogen-bond donors (Lipinski definition) is 1. The van der Waals surface area contributed by atoms with Crippen LogP contribution >= 0.6 is 0 Å². The van der Waals surface area contributed by atoms with E-state index in [2.05, 4.69) is 42.1 Å². The second kappa shape index (κ2) is 9.67. The molecule has 0 unspecified atom stereocenters. The molecule has 30 heavy (non-hydrogen) atoms. The summed E-state index contributed by atoms with van der Waals surface area (Å²) in [5.41, 5.74) is 4.47. The molecule has 1 atom stereocenters. The number of aliphatic hydroxyl groups is 1. The lowest BCUT2D eigenvalue weighted by Crippen LogP contribution is -2.20. The molecule has 0 amide bonds. The SMILES string of the molecule is C=NN(/C=C(\C)c1cn2nccc2c(-c2cnn(C(CC)CC)c2)n1)C[C@@H](C)CO. The lowest BCUT2D eigenvalue weighted by atomic mass is 10.1. The van der Waals surface area contributed by atoms with E-state index in [0.29, 0.717) is 12.6 Å². The fourth-order valence-electron chi connectivity index (χ4n) is 3.47. The topological polar surface area (TPSA) is 83.8 Å². The Bertz CT molecular complexity index is 1020. The van der Waals surface area contributed by atoms with E-state index in [1.807, 2.05) is 47.7 Å². The van der Waals surface area contributed by atoms with Gasteiger partial charge < -0.3 is 5.11 Å². The second-order valence-corrected chi connectivity index (χ2v) is 7.68. The molecule has 0 aliphatic carbocycles. The van der Waals surface area contributed by atoms with E-state index < -0.39 is 0 Å². The molecule has 0 aliphatic rings. The summed E-state index contributed by atoms with van der Waals surface area (Å²) >= 11 is 0. The summed E-state index contributed by atoms with van der Waals surface area (Å²) in [6, 6.07) is 2.34. The highest BCUT2D eigenvalue weighted by molar-refractivity contribution is 5.77. The lowest BCUT2D eigenvalue weighted by molar-refractivity contribution is 0.204. The van der Waals surface area contributed by atoms with Crippen molar-refractivity contribution in [3.05, 3.63) is 42.7 Å². The van der Waals surface area contributed by atoms with E-state index in [-0.39, 0.29) is 12.5 Å². The van der Waals surface area contributed by atoms with Crippen LogP contribution in [0.3, 0.4) is 0 Å². The Hall–Kier alpha value is -3.00. The van der Waals surface area contributed by atoms with Gasteiger partial charge in [0.1, 0.15) is 0 Å². The van der Waals surface area contributed by atoms with Gasteiger partial charge in [0.2, 0.25) is 0 Å². The van der Waals surface area contributed by atoms with Gasteiger partial charge in [-0.25, -0.2) is 9.50 Å². The monoisotopic (exact) mass is 409 g/mol. The van der Waals surface area contributed by atoms with E-state index in [9.17, 15) is 5.11 Å². The summed E-state index contributed by atoms with van der Waals surface area (Å²) in [7, 11) is 0. The van der Waals surface area contributed by atoms with Crippen molar-refractivity contribution in [2.24, 2.45) is 11.0 Å². The summed E-state index contributed by atoms with van der Waals surface area (Å²) in [6.07, 6.45) is 11.6. The average Bonchev–Trinajstić information content (AvgIpc) is 3.43. The van der Waals surface area contributed by atoms with Crippen molar-refractivity contribution in [1.82, 2.24) is 29.4 Å². The Balaban J connectivity index is 2.01. The Labute approximate surface area is 177 Å². The number of rotatable bonds is 10. The molecule has 0 aromatic carbocycles. The van der Waals surface area contributed by atoms with Crippen molar-refractivity contribution < 1.29 is 5.11 Å². The smallest absolute Gasteiger partial charge is 0.0999 e. The summed E-state index contributed by atoms with van der Waals surface area (Å²) in [4.78, 5) is 4.93. The zero-order valence-electron chi connectivity index (χ0n) is 18.2. The average molecular weight is 410 g/mol. The van der Waals surface area contributed by atoms with E-state index in [1.165, 1.54) is 0 Å². The molecule has 3 rings (SSSR count). The van der Waals surface area contributed by atoms with Crippen LogP contribution in [0.4, 0.5) is 0 Å². The molecule has 0 fully saturated rings. The summed E-state index contributed by atoms with van der Waals surface area (Å²) in [5, 5.41) is 24.1. The molecular weight excluding hydrogens is 378 g/mol. The van der Waals surface area contributed by atoms with Gasteiger partial charge in [0.25, 0.3) is 0 Å². The van der Waals surface area contributed by atoms with E-state index in [4.69, 9.17) is 4.98 Å². The zero-order valence-corrected chi connectivity index (χ0v) is 18.2. The molecule has 0 bridgehead atoms. The third-order valence-electron chi connectivity index (χ3n) is 5.32. The largest absolute Gasteiger partial charge is 0.396 e. The number of hydrogen-bond acceptors (Lipinski definition) is 6. The first-order valence-electron chi connectivity index (χ1n) is 10.4. The molecule has 0 saturated heterocycles. The van der Waals surface area contributed by atoms with E-state index >= 15 is 0 Å². The van der Waals surface area contributed by atoms with Gasteiger partial charge in [0, 0.05) is 37.8 Å². The van der Waals surface area contributed by atoms with Gasteiger partial charge in [-0.15, -0.1) is 0 Å². The quantitative estimate of drug-likeness (QED) is 0.406. The number of nitrogens with zero attached hydrogens (tertiary/aromatic N) is 7. The highest BCUT2D eigenvalue weighted by atomic mass is 16.3. The minimum atomic E-state index is 0.0904. The number of allylic oxidation sites excluding steroid dienone is 1. The van der Waals surface area contributed by atoms with Gasteiger partial charge in [-0.1, -0.05) is 20.8 Å². The van der Waals surface area contributed by atoms with Crippen LogP contribution in [0.25, 0.3) is 22.3 Å². The zero-order chi connectivity index (χ0) is 21.7. The maximum absolute atomic E-state index is 9.32. The van der Waals surface area contributed by atoms with Gasteiger partial charge in [-0.05, 0) is 37.3 Å². The van der Waals surface area contributed by atoms with E-state index in [0.717, 1.165) is 40.9 Å². The maximum Gasteiger partial charge on any atom is 0.0999 e. The van der Waals surface area contributed by atoms with Crippen molar-refractivity contribution >= 4 is 17.8 Å². The molecule has 3 aromatic heterocycles. The van der Waals surface area contributed by atoms with Gasteiger partial charge in [0.15, 0.2) is 0 Å². The van der Waals surface area contributed by atoms with E-state index in [1.54, 1.807) is 11.2 Å². The minimum absolute atomic E-state index is 0.0904. The van der Waals surface area contributed by atoms with Gasteiger partial charge in [-0.3, -0.25) is 9.69 Å². The third-order valence-corrected chi connectivity index (χ3v) is 5.32. The summed E-state index contributed by atoms with van der Waals surface area (Å²) < 4.78 is 3.87. The fraction of sp³-hybridized carbons (Fsp3) is 0.455. The minimum Gasteiger partial charge on any atom is -0.396 e. The molecule has 1 N–H and O–H groups in total. The number of aliphatic hydroxyl groups excluding tert-OH is 1. The molecule has 0 aliphatic heterocycles. The second-order valence-electron chi connectivity index (χ2n) is 7.68. The Morgan fingerprint density at radius 1 is 1.30 bits per heavy atom. The Morgan fingerprint density at radius 2 is 2.07 bits per heavy atom. The number of hydrazone groups is 1. The van der Waals surface area contributed by atoms with Crippen LogP contribution in [0.1, 0.15) is 52.3 Å². The van der Waals surface area contributed by atoms with Crippen LogP contribution in [0.2, 0.25) is 0 Å². The maximum atomic E-state index is 9.32. The Kier molecular flexibility index (Phi) is 6.99. The highest BCUT2D eigenvalue weighted by Gasteiger charge is 2.15. The molecule has 0 saturated carbocycles. The predicted octanol–water partition coefficient (Wildman–Crippen LogP) is 3.86. The highest BCUT2D eigenvalue weighted by Crippen LogP contribution is 2.26. The summed E-state index contributed by atoms with van der Waals surface area (Å²) in [6.45, 7) is 12.6. The molecule has 3 aromatic rings. The first-order valence-corrected chi connectivity index (χ1v) is 10.4. The molecule has 8 nitrogen and oxygen atoms in total. The normalized spacial score (nSPS) is 13.2. The van der Waals surface area contributed by atoms with Crippen molar-refractivity contribution in [1.29, 1.82) is 0 Å². The van der Waals surface area contributed by atoms with Crippen molar-refractivity contribution in [2.45, 2.75) is 46.6 Å². The Morgan fingerprint density at radius 3 is 2.73 bits per heavy atom. The van der Waals surface area contributed by atoms with Crippen LogP contribution in [-0.4, -0.2) is 54.4 Å². The number of fused-ring (bicyclic) bond motifs is 1. The van der Waals surface area contributed by atoms with Crippen molar-refractivity contribution in [3.8, 4) is 11.3 Å². The van der Waals surface area contributed by atoms with Crippen LogP contribution in [0.5, 0.6) is 0 Å². The summed E-state index contributed by atoms with van der Waals surface area (Å²) in [5.74, 6) is 0.0904. The lowest BCUT2D eigenvalue weighted by Gasteiger charge is -2.18. The molecular formula is C22H31N7O. The first-order chi connectivity index (χ1) is 14.5. The van der Waals surface area contributed by atoms with Gasteiger partial charge >= 0.3 is 0 Å². The first kappa shape index (κ1) is 21.7. The van der Waals surface area contributed by atoms with Crippen LogP contribution < -0.4 is 0 Å². The predicted molar refractivity (Wildman–Crippen MR) is 120 cm³/mol. The molecule has 160 valence electrons. The van der Waals surface area contributed by atoms with Crippen LogP contribution in [-0.2, 0) is 0 Å². The van der Waals surface area contributed by atoms with Gasteiger partial charge in [0.05, 0.1) is 41.5 Å². The molecule has 3 heterocycles. The third kappa shape index (κ3) is 4.59. The van der Waals surface area contributed by atoms with Crippen molar-refractivity contribution in [2.75, 3.05) is 13.2 Å². The molecule has 0 radical (unpaired) electrons. The van der Waals surface area contributed by atoms with Crippen LogP contribution in [0, 0.1) is 5.92 Å². The van der Waals surface area contributed by atoms with Gasteiger partial charge in [-0.2, -0.15) is 15.3 Å². The molecule has 8 heteroatoms. The van der Waals surface area contributed by atoms with Crippen molar-refractivity contribution in [3.63, 3.8) is 0 Å². The standard InChI is InChI=1S/C22H31N7O/c1-6-19(7-2)28-13-18(10-25-28)22-21-8-9-24-29(21)14-20(26-22)17(4)12-27(23-5)11-16(3)15-30/h8-10,12-14,16,19,30H,5-7,11,15H2,1-4H3/b17-12+/t16-/m1/s1. The molecule has 0 spiro atoms. The number of aromatic nitrogens is 5.